The third kappa shape index (κ3) is 7.65. The van der Waals surface area contributed by atoms with E-state index >= 15 is 0 Å². The van der Waals surface area contributed by atoms with E-state index in [0.717, 1.165) is 24.3 Å². The zero-order valence-corrected chi connectivity index (χ0v) is 27.7. The van der Waals surface area contributed by atoms with Gasteiger partial charge in [-0.1, -0.05) is 0 Å². The molecule has 3 aliphatic heterocycles. The van der Waals surface area contributed by atoms with Crippen molar-refractivity contribution < 1.29 is 99.2 Å². The molecule has 2 aromatic carbocycles. The van der Waals surface area contributed by atoms with E-state index in [1.165, 1.54) is 19.1 Å². The molecule has 15 atom stereocenters. The molecule has 6 rings (SSSR count). The van der Waals surface area contributed by atoms with Crippen LogP contribution in [0.15, 0.2) is 40.8 Å². The second kappa shape index (κ2) is 15.6. The molecule has 1 aromatic heterocycles. The number of aliphatic hydroxyl groups is 10. The Labute approximate surface area is 299 Å². The van der Waals surface area contributed by atoms with E-state index in [4.69, 9.17) is 32.8 Å². The van der Waals surface area contributed by atoms with Gasteiger partial charge in [0, 0.05) is 18.2 Å². The third-order valence-electron chi connectivity index (χ3n) is 9.27. The number of phenolic OH excluding ortho intramolecular Hbond substituents is 3. The van der Waals surface area contributed by atoms with Gasteiger partial charge in [-0.3, -0.25) is 0 Å². The van der Waals surface area contributed by atoms with Gasteiger partial charge in [-0.2, -0.15) is 0 Å². The lowest BCUT2D eigenvalue weighted by atomic mass is 9.98. The highest BCUT2D eigenvalue weighted by Crippen LogP contribution is 2.43. The van der Waals surface area contributed by atoms with Crippen LogP contribution in [-0.4, -0.2) is 172 Å². The number of ether oxygens (including phenoxy) is 6. The van der Waals surface area contributed by atoms with Crippen LogP contribution >= 0.6 is 0 Å². The first-order valence-electron chi connectivity index (χ1n) is 16.4. The average Bonchev–Trinajstić information content (AvgIpc) is 3.13. The molecule has 0 saturated carbocycles. The quantitative estimate of drug-likeness (QED) is 0.0751. The van der Waals surface area contributed by atoms with Crippen LogP contribution in [0, 0.1) is 0 Å². The van der Waals surface area contributed by atoms with Crippen molar-refractivity contribution in [2.75, 3.05) is 13.2 Å². The Morgan fingerprint density at radius 3 is 1.83 bits per heavy atom. The normalized spacial score (nSPS) is 37.8. The first kappa shape index (κ1) is 39.0. The van der Waals surface area contributed by atoms with Crippen LogP contribution in [0.5, 0.6) is 28.7 Å². The minimum absolute atomic E-state index is 0.00873. The van der Waals surface area contributed by atoms with Gasteiger partial charge in [0.25, 0.3) is 0 Å². The van der Waals surface area contributed by atoms with E-state index in [2.05, 4.69) is 0 Å². The Morgan fingerprint density at radius 2 is 1.19 bits per heavy atom. The van der Waals surface area contributed by atoms with Crippen LogP contribution < -0.4 is 9.47 Å². The highest BCUT2D eigenvalue weighted by atomic mass is 16.7. The number of benzene rings is 2. The monoisotopic (exact) mass is 757 g/mol. The summed E-state index contributed by atoms with van der Waals surface area (Å²) in [6.45, 7) is 0.0730. The van der Waals surface area contributed by atoms with Crippen LogP contribution in [-0.2, 0) is 18.9 Å². The summed E-state index contributed by atoms with van der Waals surface area (Å²) in [6.07, 6.45) is -24.5. The number of rotatable bonds is 9. The second-order valence-corrected chi connectivity index (χ2v) is 13.0. The summed E-state index contributed by atoms with van der Waals surface area (Å²) >= 11 is 0. The van der Waals surface area contributed by atoms with Crippen molar-refractivity contribution in [2.45, 2.75) is 99.0 Å². The van der Waals surface area contributed by atoms with Gasteiger partial charge in [-0.05, 0) is 19.1 Å². The molecule has 7 unspecified atom stereocenters. The van der Waals surface area contributed by atoms with Gasteiger partial charge in [-0.25, -0.2) is 4.42 Å². The van der Waals surface area contributed by atoms with Gasteiger partial charge in [0.2, 0.25) is 18.3 Å². The number of hydrogen-bond acceptors (Lipinski definition) is 19. The molecule has 0 amide bonds. The van der Waals surface area contributed by atoms with Gasteiger partial charge < -0.3 is 94.8 Å². The standard InChI is InChI=1S/C33H40O20/c1-10-21(38)24(41)27(44)31(48-10)47-9-20-23(40)26(43)29(46)33(53-20)51-18-7-13-16(49-30(18)11-2-3-14(36)15(37)4-11)5-12(35)6-17(13)50-32-28(45)25(42)22(39)19(8-34)52-32/h2-7,10,19-29,31-34,38-46H,8-9H2,1H3,(H2-,35,36,37)/p+1/t10?,19?,20?,21-,22+,23+,24-,25-,26?,27?,28?,29?,31+,32+,33+/m0/s1. The lowest BCUT2D eigenvalue weighted by molar-refractivity contribution is -0.318. The summed E-state index contributed by atoms with van der Waals surface area (Å²) in [5.41, 5.74) is -0.0417. The van der Waals surface area contributed by atoms with Crippen LogP contribution in [0.1, 0.15) is 6.92 Å². The van der Waals surface area contributed by atoms with E-state index < -0.39 is 123 Å². The number of aliphatic hydroxyl groups excluding tert-OH is 10. The molecule has 0 aliphatic carbocycles. The molecule has 0 bridgehead atoms. The molecule has 20 heteroatoms. The first-order valence-corrected chi connectivity index (χ1v) is 16.4. The molecule has 4 heterocycles. The van der Waals surface area contributed by atoms with Crippen LogP contribution in [0.4, 0.5) is 0 Å². The van der Waals surface area contributed by atoms with Crippen molar-refractivity contribution in [1.29, 1.82) is 0 Å². The maximum absolute atomic E-state index is 10.9. The van der Waals surface area contributed by atoms with Crippen molar-refractivity contribution in [3.8, 4) is 40.1 Å². The Hall–Kier alpha value is -3.71. The molecule has 3 aromatic rings. The average molecular weight is 758 g/mol. The van der Waals surface area contributed by atoms with Crippen LogP contribution in [0.25, 0.3) is 22.3 Å². The molecule has 292 valence electrons. The molecule has 13 N–H and O–H groups in total. The van der Waals surface area contributed by atoms with Crippen molar-refractivity contribution in [3.05, 3.63) is 36.4 Å². The smallest absolute Gasteiger partial charge is 0.402 e. The van der Waals surface area contributed by atoms with Gasteiger partial charge in [0.05, 0.1) is 30.9 Å². The minimum atomic E-state index is -1.93. The molecular formula is C33H41O20+. The van der Waals surface area contributed by atoms with Crippen LogP contribution in [0.2, 0.25) is 0 Å². The fourth-order valence-corrected chi connectivity index (χ4v) is 6.13. The third-order valence-corrected chi connectivity index (χ3v) is 9.27. The maximum atomic E-state index is 10.9. The van der Waals surface area contributed by atoms with E-state index in [-0.39, 0.29) is 33.8 Å². The minimum Gasteiger partial charge on any atom is -0.507 e. The topological polar surface area (TPSA) is 330 Å². The van der Waals surface area contributed by atoms with E-state index in [1.54, 1.807) is 0 Å². The van der Waals surface area contributed by atoms with E-state index in [1.807, 2.05) is 0 Å². The van der Waals surface area contributed by atoms with E-state index in [9.17, 15) is 66.4 Å². The molecular weight excluding hydrogens is 716 g/mol. The Balaban J connectivity index is 1.34. The van der Waals surface area contributed by atoms with Crippen LogP contribution in [0.3, 0.4) is 0 Å². The second-order valence-electron chi connectivity index (χ2n) is 13.0. The summed E-state index contributed by atoms with van der Waals surface area (Å²) in [6, 6.07) is 7.01. The predicted octanol–water partition coefficient (Wildman–Crippen LogP) is -3.29. The fourth-order valence-electron chi connectivity index (χ4n) is 6.13. The van der Waals surface area contributed by atoms with Gasteiger partial charge in [0.15, 0.2) is 17.8 Å². The summed E-state index contributed by atoms with van der Waals surface area (Å²) in [4.78, 5) is 0. The number of hydrogen-bond donors (Lipinski definition) is 13. The number of aromatic hydroxyl groups is 3. The predicted molar refractivity (Wildman–Crippen MR) is 171 cm³/mol. The molecule has 53 heavy (non-hydrogen) atoms. The molecule has 3 aliphatic rings. The zero-order chi connectivity index (χ0) is 38.5. The lowest BCUT2D eigenvalue weighted by Crippen LogP contribution is -2.61. The van der Waals surface area contributed by atoms with E-state index in [0.29, 0.717) is 0 Å². The largest absolute Gasteiger partial charge is 0.507 e. The molecule has 0 radical (unpaired) electrons. The van der Waals surface area contributed by atoms with Crippen molar-refractivity contribution in [1.82, 2.24) is 0 Å². The van der Waals surface area contributed by atoms with Crippen molar-refractivity contribution in [3.63, 3.8) is 0 Å². The van der Waals surface area contributed by atoms with Gasteiger partial charge >= 0.3 is 11.3 Å². The van der Waals surface area contributed by atoms with Crippen molar-refractivity contribution >= 4 is 11.0 Å². The Morgan fingerprint density at radius 1 is 0.604 bits per heavy atom. The SMILES string of the molecule is CC1O[C@@H](OCC2O[C@@H](Oc3cc4c(O[C@@H]5OC(CO)[C@@H](O)[C@H](O)C5O)cc(O)cc4[o+]c3-c3ccc(O)c(O)c3)C(O)C(O)[C@@H]2O)C(O)[C@@H](O)[C@H]1O. The molecule has 3 saturated heterocycles. The summed E-state index contributed by atoms with van der Waals surface area (Å²) in [7, 11) is 0. The molecule has 3 fully saturated rings. The van der Waals surface area contributed by atoms with Gasteiger partial charge in [0.1, 0.15) is 84.0 Å². The number of phenols is 3. The fraction of sp³-hybridized carbons (Fsp3) is 0.545. The number of fused-ring (bicyclic) bond motifs is 1. The highest BCUT2D eigenvalue weighted by molar-refractivity contribution is 5.89. The Bertz CT molecular complexity index is 1740. The lowest BCUT2D eigenvalue weighted by Gasteiger charge is -2.42. The Kier molecular flexibility index (Phi) is 11.5. The highest BCUT2D eigenvalue weighted by Gasteiger charge is 2.49. The first-order chi connectivity index (χ1) is 25.1. The maximum Gasteiger partial charge on any atom is 0.402 e. The summed E-state index contributed by atoms with van der Waals surface area (Å²) in [5.74, 6) is -2.24. The zero-order valence-electron chi connectivity index (χ0n) is 27.7. The molecule has 20 nitrogen and oxygen atoms in total. The summed E-state index contributed by atoms with van der Waals surface area (Å²) < 4.78 is 40.0. The van der Waals surface area contributed by atoms with Gasteiger partial charge in [-0.15, -0.1) is 0 Å². The van der Waals surface area contributed by atoms with Crippen molar-refractivity contribution in [2.24, 2.45) is 0 Å². The molecule has 0 spiro atoms. The summed E-state index contributed by atoms with van der Waals surface area (Å²) in [5, 5.41) is 134.